The Hall–Kier alpha value is -3.18. The minimum atomic E-state index is -5.08. The van der Waals surface area contributed by atoms with E-state index in [1.165, 1.54) is 11.6 Å². The molecule has 0 aliphatic carbocycles. The monoisotopic (exact) mass is 513 g/mol. The van der Waals surface area contributed by atoms with Crippen molar-refractivity contribution in [1.82, 2.24) is 10.6 Å². The average molecular weight is 514 g/mol. The van der Waals surface area contributed by atoms with Crippen LogP contribution in [0.5, 0.6) is 0 Å². The van der Waals surface area contributed by atoms with Crippen LogP contribution in [-0.2, 0) is 27.2 Å². The number of thiophene rings is 1. The Morgan fingerprint density at radius 3 is 2.34 bits per heavy atom. The second-order valence-corrected chi connectivity index (χ2v) is 8.51. The predicted molar refractivity (Wildman–Crippen MR) is 129 cm³/mol. The maximum atomic E-state index is 12.5. The molecule has 0 unspecified atom stereocenters. The molecule has 2 amide bonds. The van der Waals surface area contributed by atoms with E-state index in [1.54, 1.807) is 17.4 Å². The van der Waals surface area contributed by atoms with E-state index < -0.39 is 18.2 Å². The molecule has 0 aliphatic heterocycles. The lowest BCUT2D eigenvalue weighted by Crippen LogP contribution is -2.46. The third kappa shape index (κ3) is 13.3. The Bertz CT molecular complexity index is 935. The summed E-state index contributed by atoms with van der Waals surface area (Å²) in [5.41, 5.74) is 7.27. The van der Waals surface area contributed by atoms with Gasteiger partial charge in [-0.3, -0.25) is 9.59 Å². The molecule has 7 nitrogen and oxygen atoms in total. The molecule has 2 aromatic rings. The number of nitrogens with two attached hydrogens (primary N) is 1. The lowest BCUT2D eigenvalue weighted by Gasteiger charge is -2.18. The van der Waals surface area contributed by atoms with Gasteiger partial charge in [0.1, 0.15) is 0 Å². The Kier molecular flexibility index (Phi) is 13.4. The van der Waals surface area contributed by atoms with E-state index in [0.29, 0.717) is 19.4 Å². The van der Waals surface area contributed by atoms with Crippen molar-refractivity contribution >= 4 is 29.1 Å². The highest BCUT2D eigenvalue weighted by Crippen LogP contribution is 2.13. The van der Waals surface area contributed by atoms with Crippen molar-refractivity contribution < 1.29 is 32.7 Å². The average Bonchev–Trinajstić information content (AvgIpc) is 3.32. The number of aryl methyl sites for hydroxylation is 1. The Morgan fingerprint density at radius 1 is 1.14 bits per heavy atom. The molecule has 2 rings (SSSR count). The first-order valence-electron chi connectivity index (χ1n) is 10.9. The summed E-state index contributed by atoms with van der Waals surface area (Å²) >= 11 is 1.59. The highest BCUT2D eigenvalue weighted by molar-refractivity contribution is 7.09. The van der Waals surface area contributed by atoms with E-state index >= 15 is 0 Å². The fourth-order valence-electron chi connectivity index (χ4n) is 2.72. The van der Waals surface area contributed by atoms with Crippen molar-refractivity contribution in [1.29, 1.82) is 0 Å². The van der Waals surface area contributed by atoms with Gasteiger partial charge in [-0.15, -0.1) is 11.3 Å². The van der Waals surface area contributed by atoms with Gasteiger partial charge in [-0.25, -0.2) is 4.79 Å². The van der Waals surface area contributed by atoms with Gasteiger partial charge < -0.3 is 21.5 Å². The SMILES string of the molecule is CCCNC(=O)/C=C/[C@H](CCc1ccccc1)NC(=O)[C@@H](N)Cc1cccs1.O=C(O)C(F)(F)F. The minimum absolute atomic E-state index is 0.149. The normalized spacial score (nSPS) is 12.8. The van der Waals surface area contributed by atoms with Crippen molar-refractivity contribution in [2.45, 2.75) is 50.9 Å². The molecule has 1 heterocycles. The maximum Gasteiger partial charge on any atom is 0.490 e. The van der Waals surface area contributed by atoms with E-state index in [1.807, 2.05) is 42.6 Å². The number of rotatable bonds is 11. The number of carboxylic acid groups (broad SMARTS) is 1. The van der Waals surface area contributed by atoms with Crippen molar-refractivity contribution in [2.24, 2.45) is 5.73 Å². The zero-order chi connectivity index (χ0) is 26.3. The molecule has 5 N–H and O–H groups in total. The number of nitrogens with one attached hydrogen (secondary N) is 2. The summed E-state index contributed by atoms with van der Waals surface area (Å²) in [6.07, 6.45) is 1.05. The smallest absolute Gasteiger partial charge is 0.475 e. The summed E-state index contributed by atoms with van der Waals surface area (Å²) in [6, 6.07) is 13.1. The molecule has 0 saturated carbocycles. The van der Waals surface area contributed by atoms with Gasteiger partial charge in [0.15, 0.2) is 0 Å². The van der Waals surface area contributed by atoms with Crippen molar-refractivity contribution in [3.05, 3.63) is 70.4 Å². The van der Waals surface area contributed by atoms with Crippen LogP contribution in [0.1, 0.15) is 30.2 Å². The van der Waals surface area contributed by atoms with E-state index in [-0.39, 0.29) is 17.9 Å². The molecule has 0 bridgehead atoms. The quantitative estimate of drug-likeness (QED) is 0.343. The summed E-state index contributed by atoms with van der Waals surface area (Å²) in [4.78, 5) is 34.4. The fourth-order valence-corrected chi connectivity index (χ4v) is 3.49. The first-order chi connectivity index (χ1) is 16.5. The van der Waals surface area contributed by atoms with Crippen LogP contribution >= 0.6 is 11.3 Å². The van der Waals surface area contributed by atoms with Gasteiger partial charge in [-0.1, -0.05) is 49.4 Å². The standard InChI is InChI=1S/C22H29N3O2S.C2HF3O2/c1-2-14-24-21(26)13-12-18(11-10-17-7-4-3-5-8-17)25-22(27)20(23)16-19-9-6-15-28-19;3-2(4,5)1(6)7/h3-9,12-13,15,18,20H,2,10-11,14,16,23H2,1H3,(H,24,26)(H,25,27);(H,6,7)/b13-12+;/t18-,20-;/m0./s1. The molecule has 0 fully saturated rings. The first kappa shape index (κ1) is 29.9. The molecule has 0 saturated heterocycles. The minimum Gasteiger partial charge on any atom is -0.475 e. The van der Waals surface area contributed by atoms with Crippen LogP contribution in [0.2, 0.25) is 0 Å². The highest BCUT2D eigenvalue weighted by Gasteiger charge is 2.38. The lowest BCUT2D eigenvalue weighted by molar-refractivity contribution is -0.192. The molecule has 35 heavy (non-hydrogen) atoms. The largest absolute Gasteiger partial charge is 0.490 e. The van der Waals surface area contributed by atoms with Gasteiger partial charge in [-0.05, 0) is 36.3 Å². The maximum absolute atomic E-state index is 12.5. The Morgan fingerprint density at radius 2 is 1.80 bits per heavy atom. The number of carboxylic acids is 1. The molecule has 1 aromatic heterocycles. The lowest BCUT2D eigenvalue weighted by atomic mass is 10.0. The van der Waals surface area contributed by atoms with Crippen LogP contribution in [0.15, 0.2) is 60.0 Å². The Labute approximate surface area is 206 Å². The Balaban J connectivity index is 0.000000762. The molecule has 0 spiro atoms. The molecular weight excluding hydrogens is 483 g/mol. The predicted octanol–water partition coefficient (Wildman–Crippen LogP) is 3.45. The number of amides is 2. The summed E-state index contributed by atoms with van der Waals surface area (Å²) in [5.74, 6) is -3.11. The third-order valence-corrected chi connectivity index (χ3v) is 5.42. The summed E-state index contributed by atoms with van der Waals surface area (Å²) in [6.45, 7) is 2.64. The molecule has 1 aromatic carbocycles. The third-order valence-electron chi connectivity index (χ3n) is 4.52. The number of halogens is 3. The van der Waals surface area contributed by atoms with E-state index in [0.717, 1.165) is 17.7 Å². The van der Waals surface area contributed by atoms with Crippen molar-refractivity contribution in [3.8, 4) is 0 Å². The van der Waals surface area contributed by atoms with Gasteiger partial charge in [0.05, 0.1) is 6.04 Å². The van der Waals surface area contributed by atoms with Crippen LogP contribution in [0.4, 0.5) is 13.2 Å². The molecule has 0 radical (unpaired) electrons. The highest BCUT2D eigenvalue weighted by atomic mass is 32.1. The first-order valence-corrected chi connectivity index (χ1v) is 11.8. The van der Waals surface area contributed by atoms with Crippen molar-refractivity contribution in [3.63, 3.8) is 0 Å². The summed E-state index contributed by atoms with van der Waals surface area (Å²) in [5, 5.41) is 14.9. The second kappa shape index (κ2) is 15.7. The summed E-state index contributed by atoms with van der Waals surface area (Å²) < 4.78 is 31.7. The number of aliphatic carboxylic acids is 1. The van der Waals surface area contributed by atoms with Gasteiger partial charge in [-0.2, -0.15) is 13.2 Å². The molecule has 11 heteroatoms. The number of alkyl halides is 3. The molecule has 2 atom stereocenters. The van der Waals surface area contributed by atoms with Crippen LogP contribution in [0.3, 0.4) is 0 Å². The van der Waals surface area contributed by atoms with E-state index in [9.17, 15) is 22.8 Å². The van der Waals surface area contributed by atoms with Crippen LogP contribution in [0.25, 0.3) is 0 Å². The molecule has 192 valence electrons. The molecule has 0 aliphatic rings. The van der Waals surface area contributed by atoms with Crippen LogP contribution in [0, 0.1) is 0 Å². The number of carbonyl (C=O) groups excluding carboxylic acids is 2. The number of hydrogen-bond acceptors (Lipinski definition) is 5. The van der Waals surface area contributed by atoms with Gasteiger partial charge in [0.25, 0.3) is 0 Å². The zero-order valence-electron chi connectivity index (χ0n) is 19.3. The van der Waals surface area contributed by atoms with Crippen molar-refractivity contribution in [2.75, 3.05) is 6.54 Å². The van der Waals surface area contributed by atoms with Gasteiger partial charge in [0.2, 0.25) is 11.8 Å². The number of carbonyl (C=O) groups is 3. The fraction of sp³-hybridized carbons (Fsp3) is 0.375. The summed E-state index contributed by atoms with van der Waals surface area (Å²) in [7, 11) is 0. The zero-order valence-corrected chi connectivity index (χ0v) is 20.1. The van der Waals surface area contributed by atoms with Crippen LogP contribution in [-0.4, -0.2) is 47.7 Å². The van der Waals surface area contributed by atoms with Crippen LogP contribution < -0.4 is 16.4 Å². The van der Waals surface area contributed by atoms with Gasteiger partial charge in [0, 0.05) is 30.0 Å². The topological polar surface area (TPSA) is 122 Å². The molecular formula is C24H30F3N3O4S. The van der Waals surface area contributed by atoms with E-state index in [2.05, 4.69) is 22.8 Å². The second-order valence-electron chi connectivity index (χ2n) is 7.48. The number of hydrogen-bond donors (Lipinski definition) is 4. The van der Waals surface area contributed by atoms with E-state index in [4.69, 9.17) is 15.6 Å². The number of benzene rings is 1. The van der Waals surface area contributed by atoms with Gasteiger partial charge >= 0.3 is 12.1 Å².